The Morgan fingerprint density at radius 2 is 2.07 bits per heavy atom. The summed E-state index contributed by atoms with van der Waals surface area (Å²) < 4.78 is 5.21. The molecule has 0 fully saturated rings. The van der Waals surface area contributed by atoms with Gasteiger partial charge in [-0.15, -0.1) is 0 Å². The number of rotatable bonds is 2. The number of benzene rings is 1. The molecular weight excluding hydrogens is 190 g/mol. The van der Waals surface area contributed by atoms with Gasteiger partial charge in [0.1, 0.15) is 6.26 Å². The minimum Gasteiger partial charge on any atom is -0.500 e. The van der Waals surface area contributed by atoms with Crippen LogP contribution in [0.1, 0.15) is 5.69 Å². The average molecular weight is 199 g/mol. The van der Waals surface area contributed by atoms with E-state index in [0.717, 1.165) is 5.56 Å². The van der Waals surface area contributed by atoms with Gasteiger partial charge >= 0.3 is 0 Å². The zero-order valence-corrected chi connectivity index (χ0v) is 7.97. The van der Waals surface area contributed by atoms with E-state index < -0.39 is 0 Å². The monoisotopic (exact) mass is 199 g/mol. The summed E-state index contributed by atoms with van der Waals surface area (Å²) in [5.41, 5.74) is 3.54. The second kappa shape index (κ2) is 3.86. The molecule has 0 amide bonds. The van der Waals surface area contributed by atoms with Crippen molar-refractivity contribution in [3.05, 3.63) is 54.6 Å². The molecular formula is C12H9NO2. The van der Waals surface area contributed by atoms with Crippen LogP contribution in [-0.2, 0) is 0 Å². The van der Waals surface area contributed by atoms with Gasteiger partial charge in [-0.05, 0) is 12.1 Å². The number of aliphatic hydroxyl groups is 1. The minimum absolute atomic E-state index is 0.110. The molecule has 0 aliphatic heterocycles. The van der Waals surface area contributed by atoms with Gasteiger partial charge in [0.25, 0.3) is 0 Å². The molecule has 0 spiro atoms. The molecule has 2 rings (SSSR count). The lowest BCUT2D eigenvalue weighted by Crippen LogP contribution is -1.81. The number of aromatic nitrogens is 1. The van der Waals surface area contributed by atoms with Crippen molar-refractivity contribution in [3.8, 4) is 11.5 Å². The van der Waals surface area contributed by atoms with Crippen LogP contribution in [0.5, 0.6) is 0 Å². The summed E-state index contributed by atoms with van der Waals surface area (Å²) in [5.74, 6) is 0.355. The van der Waals surface area contributed by atoms with E-state index in [0.29, 0.717) is 11.6 Å². The van der Waals surface area contributed by atoms with Crippen LogP contribution < -0.4 is 0 Å². The third-order valence-corrected chi connectivity index (χ3v) is 1.93. The third kappa shape index (κ3) is 1.82. The Morgan fingerprint density at radius 3 is 2.73 bits per heavy atom. The Kier molecular flexibility index (Phi) is 2.40. The number of aliphatic hydroxyl groups excluding tert-OH is 1. The maximum absolute atomic E-state index is 9.31. The first-order chi connectivity index (χ1) is 7.31. The van der Waals surface area contributed by atoms with Crippen molar-refractivity contribution in [3.63, 3.8) is 0 Å². The molecule has 1 heterocycles. The molecule has 0 saturated carbocycles. The fourth-order valence-electron chi connectivity index (χ4n) is 1.19. The van der Waals surface area contributed by atoms with Gasteiger partial charge in [-0.2, -0.15) is 0 Å². The predicted octanol–water partition coefficient (Wildman–Crippen LogP) is 3.03. The van der Waals surface area contributed by atoms with Crippen molar-refractivity contribution in [2.75, 3.05) is 0 Å². The zero-order chi connectivity index (χ0) is 10.7. The summed E-state index contributed by atoms with van der Waals surface area (Å²) in [7, 11) is 0. The number of nitrogens with zero attached hydrogens (tertiary/aromatic N) is 1. The summed E-state index contributed by atoms with van der Waals surface area (Å²) >= 11 is 0. The number of hydrogen-bond donors (Lipinski definition) is 1. The second-order valence-electron chi connectivity index (χ2n) is 2.93. The lowest BCUT2D eigenvalue weighted by Gasteiger charge is -1.92. The largest absolute Gasteiger partial charge is 0.500 e. The van der Waals surface area contributed by atoms with Crippen LogP contribution in [-0.4, -0.2) is 10.1 Å². The minimum atomic E-state index is -0.110. The number of hydrogen-bond acceptors (Lipinski definition) is 3. The second-order valence-corrected chi connectivity index (χ2v) is 2.93. The topological polar surface area (TPSA) is 46.3 Å². The van der Waals surface area contributed by atoms with Crippen molar-refractivity contribution in [1.82, 2.24) is 4.98 Å². The SMILES string of the molecule is C=C=C(O)c1coc(-c2ccccc2)n1. The normalized spacial score (nSPS) is 9.60. The molecule has 0 bridgehead atoms. The van der Waals surface area contributed by atoms with Gasteiger partial charge in [0.05, 0.1) is 0 Å². The van der Waals surface area contributed by atoms with E-state index in [1.54, 1.807) is 0 Å². The van der Waals surface area contributed by atoms with Crippen LogP contribution in [0.4, 0.5) is 0 Å². The summed E-state index contributed by atoms with van der Waals surface area (Å²) in [4.78, 5) is 4.10. The molecule has 0 radical (unpaired) electrons. The van der Waals surface area contributed by atoms with Crippen LogP contribution in [0.15, 0.2) is 53.3 Å². The molecule has 74 valence electrons. The molecule has 1 aromatic heterocycles. The molecule has 1 aromatic carbocycles. The molecule has 3 nitrogen and oxygen atoms in total. The van der Waals surface area contributed by atoms with E-state index in [-0.39, 0.29) is 5.76 Å². The molecule has 3 heteroatoms. The first kappa shape index (κ1) is 9.31. The quantitative estimate of drug-likeness (QED) is 0.597. The molecule has 0 saturated heterocycles. The van der Waals surface area contributed by atoms with Gasteiger partial charge in [-0.1, -0.05) is 30.5 Å². The maximum atomic E-state index is 9.31. The zero-order valence-electron chi connectivity index (χ0n) is 7.97. The molecule has 2 aromatic rings. The Morgan fingerprint density at radius 1 is 1.33 bits per heavy atom. The Bertz CT molecular complexity index is 507. The molecule has 0 aliphatic rings. The first-order valence-corrected chi connectivity index (χ1v) is 4.41. The third-order valence-electron chi connectivity index (χ3n) is 1.93. The molecule has 0 unspecified atom stereocenters. The van der Waals surface area contributed by atoms with Crippen LogP contribution in [0, 0.1) is 0 Å². The maximum Gasteiger partial charge on any atom is 0.226 e. The van der Waals surface area contributed by atoms with E-state index in [1.807, 2.05) is 30.3 Å². The molecule has 15 heavy (non-hydrogen) atoms. The van der Waals surface area contributed by atoms with Crippen molar-refractivity contribution in [2.45, 2.75) is 0 Å². The van der Waals surface area contributed by atoms with Gasteiger partial charge in [-0.25, -0.2) is 4.98 Å². The smallest absolute Gasteiger partial charge is 0.226 e. The van der Waals surface area contributed by atoms with Gasteiger partial charge in [-0.3, -0.25) is 0 Å². The van der Waals surface area contributed by atoms with Gasteiger partial charge in [0.2, 0.25) is 5.89 Å². The van der Waals surface area contributed by atoms with Gasteiger partial charge in [0.15, 0.2) is 11.5 Å². The standard InChI is InChI=1S/C12H9NO2/c1-2-11(14)10-8-15-12(13-10)9-6-4-3-5-7-9/h3-8,14H,1H2. The highest BCUT2D eigenvalue weighted by Gasteiger charge is 2.08. The molecule has 0 aliphatic carbocycles. The van der Waals surface area contributed by atoms with E-state index in [1.165, 1.54) is 6.26 Å². The van der Waals surface area contributed by atoms with Crippen molar-refractivity contribution >= 4 is 5.76 Å². The Hall–Kier alpha value is -2.25. The van der Waals surface area contributed by atoms with Gasteiger partial charge in [0, 0.05) is 5.56 Å². The average Bonchev–Trinajstić information content (AvgIpc) is 2.78. The van der Waals surface area contributed by atoms with Crippen molar-refractivity contribution < 1.29 is 9.52 Å². The van der Waals surface area contributed by atoms with Crippen molar-refractivity contribution in [2.24, 2.45) is 0 Å². The summed E-state index contributed by atoms with van der Waals surface area (Å²) in [6, 6.07) is 9.45. The molecule has 1 N–H and O–H groups in total. The van der Waals surface area contributed by atoms with E-state index in [4.69, 9.17) is 4.42 Å². The van der Waals surface area contributed by atoms with E-state index in [9.17, 15) is 5.11 Å². The Balaban J connectivity index is 2.41. The van der Waals surface area contributed by atoms with E-state index in [2.05, 4.69) is 17.3 Å². The van der Waals surface area contributed by atoms with Crippen molar-refractivity contribution in [1.29, 1.82) is 0 Å². The fourth-order valence-corrected chi connectivity index (χ4v) is 1.19. The molecule has 0 atom stereocenters. The summed E-state index contributed by atoms with van der Waals surface area (Å²) in [6.07, 6.45) is 1.37. The van der Waals surface area contributed by atoms with Gasteiger partial charge < -0.3 is 9.52 Å². The lowest BCUT2D eigenvalue weighted by molar-refractivity contribution is 0.508. The van der Waals surface area contributed by atoms with Crippen LogP contribution in [0.2, 0.25) is 0 Å². The highest BCUT2D eigenvalue weighted by molar-refractivity contribution is 5.58. The fraction of sp³-hybridized carbons (Fsp3) is 0. The summed E-state index contributed by atoms with van der Waals surface area (Å²) in [6.45, 7) is 3.33. The van der Waals surface area contributed by atoms with Crippen LogP contribution in [0.3, 0.4) is 0 Å². The number of oxazole rings is 1. The highest BCUT2D eigenvalue weighted by atomic mass is 16.3. The summed E-state index contributed by atoms with van der Waals surface area (Å²) in [5, 5.41) is 9.31. The van der Waals surface area contributed by atoms with Crippen LogP contribution >= 0.6 is 0 Å². The van der Waals surface area contributed by atoms with Crippen LogP contribution in [0.25, 0.3) is 17.2 Å². The van der Waals surface area contributed by atoms with E-state index >= 15 is 0 Å². The Labute approximate surface area is 87.0 Å². The first-order valence-electron chi connectivity index (χ1n) is 4.41. The lowest BCUT2D eigenvalue weighted by atomic mass is 10.2. The predicted molar refractivity (Wildman–Crippen MR) is 57.1 cm³/mol. The highest BCUT2D eigenvalue weighted by Crippen LogP contribution is 2.19.